The summed E-state index contributed by atoms with van der Waals surface area (Å²) in [4.78, 5) is 23.0. The molecular weight excluding hydrogens is 476 g/mol. The number of carbonyl (C=O) groups excluding carboxylic acids is 1. The number of halogens is 6. The van der Waals surface area contributed by atoms with Gasteiger partial charge < -0.3 is 4.57 Å². The van der Waals surface area contributed by atoms with E-state index in [1.165, 1.54) is 25.5 Å². The molecule has 1 unspecified atom stereocenters. The number of fused-ring (bicyclic) bond motifs is 1. The van der Waals surface area contributed by atoms with Crippen LogP contribution in [0.1, 0.15) is 31.4 Å². The number of imidazole rings is 1. The van der Waals surface area contributed by atoms with Crippen molar-refractivity contribution in [3.8, 4) is 11.5 Å². The van der Waals surface area contributed by atoms with Gasteiger partial charge in [-0.15, -0.1) is 0 Å². The highest BCUT2D eigenvalue weighted by molar-refractivity contribution is 8.00. The van der Waals surface area contributed by atoms with Crippen molar-refractivity contribution in [2.75, 3.05) is 0 Å². The Morgan fingerprint density at radius 2 is 1.67 bits per heavy atom. The first-order valence-corrected chi connectivity index (χ1v) is 10.9. The standard InChI is InChI=1S/C19H17F6N5O2S/c1-4-14(31)29-33(32,5-2)13-7-11(19(23,24)25)8-26-15(13)17-28-12-6-10(18(20,21)22)9-27-16(12)30(17)3/h5-9H,4H2,1-3H3,(H,29,31,32). The van der Waals surface area contributed by atoms with Crippen molar-refractivity contribution in [1.82, 2.24) is 24.2 Å². The predicted octanol–water partition coefficient (Wildman–Crippen LogP) is 3.97. The fourth-order valence-corrected chi connectivity index (χ4v) is 4.62. The Kier molecular flexibility index (Phi) is 6.17. The highest BCUT2D eigenvalue weighted by Gasteiger charge is 2.35. The van der Waals surface area contributed by atoms with E-state index < -0.39 is 44.0 Å². The van der Waals surface area contributed by atoms with Gasteiger partial charge in [-0.1, -0.05) is 6.92 Å². The molecule has 3 aromatic heterocycles. The van der Waals surface area contributed by atoms with Crippen molar-refractivity contribution >= 4 is 32.1 Å². The van der Waals surface area contributed by atoms with E-state index in [9.17, 15) is 35.3 Å². The number of hydrogen-bond donors (Lipinski definition) is 1. The Balaban J connectivity index is 2.33. The molecule has 1 N–H and O–H groups in total. The minimum Gasteiger partial charge on any atom is -0.310 e. The molecular formula is C19H17F6N5O2S. The van der Waals surface area contributed by atoms with Crippen LogP contribution in [-0.4, -0.2) is 35.0 Å². The minimum absolute atomic E-state index is 0.00443. The van der Waals surface area contributed by atoms with Crippen LogP contribution in [0.3, 0.4) is 0 Å². The number of aromatic nitrogens is 4. The summed E-state index contributed by atoms with van der Waals surface area (Å²) in [6, 6.07) is 1.31. The van der Waals surface area contributed by atoms with Crippen molar-refractivity contribution in [3.63, 3.8) is 0 Å². The van der Waals surface area contributed by atoms with E-state index in [0.29, 0.717) is 18.5 Å². The van der Waals surface area contributed by atoms with Gasteiger partial charge in [0.05, 0.1) is 25.7 Å². The Bertz CT molecular complexity index is 1350. The fraction of sp³-hybridized carbons (Fsp3) is 0.316. The lowest BCUT2D eigenvalue weighted by atomic mass is 10.2. The molecule has 0 aliphatic carbocycles. The maximum atomic E-state index is 13.5. The summed E-state index contributed by atoms with van der Waals surface area (Å²) >= 11 is 0. The van der Waals surface area contributed by atoms with Crippen molar-refractivity contribution in [2.24, 2.45) is 7.05 Å². The van der Waals surface area contributed by atoms with Crippen LogP contribution in [0, 0.1) is 0 Å². The van der Waals surface area contributed by atoms with Gasteiger partial charge in [0.1, 0.15) is 11.2 Å². The Morgan fingerprint density at radius 3 is 2.21 bits per heavy atom. The maximum absolute atomic E-state index is 13.5. The molecule has 33 heavy (non-hydrogen) atoms. The Morgan fingerprint density at radius 1 is 1.09 bits per heavy atom. The van der Waals surface area contributed by atoms with Gasteiger partial charge in [0.25, 0.3) is 0 Å². The third kappa shape index (κ3) is 4.65. The van der Waals surface area contributed by atoms with Crippen LogP contribution >= 0.6 is 0 Å². The highest BCUT2D eigenvalue weighted by atomic mass is 32.2. The van der Waals surface area contributed by atoms with E-state index in [2.05, 4.69) is 19.7 Å². The van der Waals surface area contributed by atoms with Crippen molar-refractivity contribution in [1.29, 1.82) is 0 Å². The fourth-order valence-electron chi connectivity index (χ4n) is 2.92. The second kappa shape index (κ2) is 8.32. The number of pyridine rings is 2. The summed E-state index contributed by atoms with van der Waals surface area (Å²) in [5.74, 6) is -0.871. The lowest BCUT2D eigenvalue weighted by molar-refractivity contribution is -0.138. The summed E-state index contributed by atoms with van der Waals surface area (Å²) < 4.78 is 96.1. The predicted molar refractivity (Wildman–Crippen MR) is 108 cm³/mol. The van der Waals surface area contributed by atoms with E-state index in [-0.39, 0.29) is 29.1 Å². The molecule has 0 bridgehead atoms. The highest BCUT2D eigenvalue weighted by Crippen LogP contribution is 2.35. The molecule has 0 aliphatic heterocycles. The summed E-state index contributed by atoms with van der Waals surface area (Å²) in [7, 11) is -2.33. The summed E-state index contributed by atoms with van der Waals surface area (Å²) in [6.45, 7) is 2.75. The molecule has 14 heteroatoms. The van der Waals surface area contributed by atoms with Crippen LogP contribution in [0.5, 0.6) is 0 Å². The van der Waals surface area contributed by atoms with E-state index in [1.807, 2.05) is 0 Å². The molecule has 3 aromatic rings. The van der Waals surface area contributed by atoms with Crippen LogP contribution in [-0.2, 0) is 33.9 Å². The first kappa shape index (κ1) is 24.5. The first-order chi connectivity index (χ1) is 15.2. The zero-order valence-electron chi connectivity index (χ0n) is 17.4. The molecule has 3 heterocycles. The van der Waals surface area contributed by atoms with Gasteiger partial charge in [-0.25, -0.2) is 14.2 Å². The Labute approximate surface area is 184 Å². The third-order valence-corrected chi connectivity index (χ3v) is 6.83. The van der Waals surface area contributed by atoms with Crippen molar-refractivity contribution in [2.45, 2.75) is 37.5 Å². The number of hydrogen-bond acceptors (Lipinski definition) is 5. The third-order valence-electron chi connectivity index (χ3n) is 4.67. The monoisotopic (exact) mass is 493 g/mol. The average molecular weight is 493 g/mol. The quantitative estimate of drug-likeness (QED) is 0.439. The molecule has 0 fully saturated rings. The van der Waals surface area contributed by atoms with Gasteiger partial charge in [0, 0.05) is 25.9 Å². The SMILES string of the molecule is CC=S(=O)(NC(=O)CC)c1cc(C(F)(F)F)cnc1-c1nc2cc(C(F)(F)F)cnc2n1C. The van der Waals surface area contributed by atoms with E-state index in [0.717, 1.165) is 11.4 Å². The number of amides is 1. The van der Waals surface area contributed by atoms with Crippen molar-refractivity contribution < 1.29 is 35.3 Å². The largest absolute Gasteiger partial charge is 0.417 e. The zero-order valence-corrected chi connectivity index (χ0v) is 18.2. The van der Waals surface area contributed by atoms with Gasteiger partial charge >= 0.3 is 12.4 Å². The van der Waals surface area contributed by atoms with E-state index in [1.54, 1.807) is 0 Å². The molecule has 0 aliphatic rings. The molecule has 7 nitrogen and oxygen atoms in total. The van der Waals surface area contributed by atoms with Gasteiger partial charge in [-0.05, 0) is 24.4 Å². The van der Waals surface area contributed by atoms with Crippen LogP contribution in [0.25, 0.3) is 22.7 Å². The molecule has 1 atom stereocenters. The van der Waals surface area contributed by atoms with Crippen LogP contribution < -0.4 is 4.72 Å². The Hall–Kier alpha value is -3.16. The van der Waals surface area contributed by atoms with Gasteiger partial charge in [0.15, 0.2) is 11.5 Å². The maximum Gasteiger partial charge on any atom is 0.417 e. The van der Waals surface area contributed by atoms with E-state index in [4.69, 9.17) is 0 Å². The lowest BCUT2D eigenvalue weighted by Crippen LogP contribution is -2.32. The number of rotatable bonds is 4. The van der Waals surface area contributed by atoms with E-state index >= 15 is 0 Å². The normalized spacial score (nSPS) is 14.2. The van der Waals surface area contributed by atoms with Gasteiger partial charge in [-0.3, -0.25) is 14.5 Å². The average Bonchev–Trinajstić information content (AvgIpc) is 3.07. The molecule has 0 spiro atoms. The topological polar surface area (TPSA) is 89.8 Å². The molecule has 178 valence electrons. The molecule has 0 radical (unpaired) electrons. The summed E-state index contributed by atoms with van der Waals surface area (Å²) in [6.07, 6.45) is -8.53. The molecule has 0 saturated heterocycles. The number of nitrogens with zero attached hydrogens (tertiary/aromatic N) is 4. The molecule has 1 amide bonds. The molecule has 0 saturated carbocycles. The summed E-state index contributed by atoms with van der Waals surface area (Å²) in [5, 5.41) is 1.03. The number of nitrogens with one attached hydrogen (secondary N) is 1. The second-order valence-corrected chi connectivity index (χ2v) is 9.16. The van der Waals surface area contributed by atoms with Gasteiger partial charge in [0.2, 0.25) is 5.91 Å². The number of carbonyl (C=O) groups is 1. The second-order valence-electron chi connectivity index (χ2n) is 6.84. The first-order valence-electron chi connectivity index (χ1n) is 9.32. The lowest BCUT2D eigenvalue weighted by Gasteiger charge is -2.17. The van der Waals surface area contributed by atoms with Crippen molar-refractivity contribution in [3.05, 3.63) is 35.7 Å². The number of alkyl halides is 6. The smallest absolute Gasteiger partial charge is 0.310 e. The van der Waals surface area contributed by atoms with Crippen LogP contribution in [0.2, 0.25) is 0 Å². The molecule has 0 aromatic carbocycles. The summed E-state index contributed by atoms with van der Waals surface area (Å²) in [5.41, 5.74) is -2.80. The zero-order chi connectivity index (χ0) is 24.8. The van der Waals surface area contributed by atoms with Crippen LogP contribution in [0.4, 0.5) is 26.3 Å². The molecule has 3 rings (SSSR count). The minimum atomic E-state index is -4.83. The van der Waals surface area contributed by atoms with Crippen LogP contribution in [0.15, 0.2) is 29.4 Å². The van der Waals surface area contributed by atoms with Gasteiger partial charge in [-0.2, -0.15) is 26.3 Å². The number of aryl methyl sites for hydroxylation is 1.